The monoisotopic (exact) mass is 237 g/mol. The molecular weight excluding hydrogens is 210 g/mol. The molecule has 17 heavy (non-hydrogen) atoms. The van der Waals surface area contributed by atoms with Crippen LogP contribution in [0, 0.1) is 5.41 Å². The predicted molar refractivity (Wildman–Crippen MR) is 71.9 cm³/mol. The van der Waals surface area contributed by atoms with E-state index in [0.717, 1.165) is 13.2 Å². The van der Waals surface area contributed by atoms with Gasteiger partial charge in [-0.25, -0.2) is 0 Å². The Morgan fingerprint density at radius 3 is 2.71 bits per heavy atom. The third-order valence-electron chi connectivity index (χ3n) is 4.37. The highest BCUT2D eigenvalue weighted by Gasteiger charge is 2.38. The van der Waals surface area contributed by atoms with E-state index in [1.807, 2.05) is 6.26 Å². The van der Waals surface area contributed by atoms with Gasteiger partial charge < -0.3 is 10.1 Å². The number of ether oxygens (including phenoxy) is 1. The van der Waals surface area contributed by atoms with Gasteiger partial charge in [-0.2, -0.15) is 0 Å². The van der Waals surface area contributed by atoms with Gasteiger partial charge in [0.2, 0.25) is 0 Å². The van der Waals surface area contributed by atoms with Crippen LogP contribution in [0.2, 0.25) is 0 Å². The summed E-state index contributed by atoms with van der Waals surface area (Å²) in [5.41, 5.74) is 1.97. The zero-order chi connectivity index (χ0) is 12.1. The molecule has 0 aromatic heterocycles. The second-order valence-electron chi connectivity index (χ2n) is 5.92. The van der Waals surface area contributed by atoms with Gasteiger partial charge in [-0.1, -0.05) is 26.7 Å². The molecule has 2 aliphatic rings. The van der Waals surface area contributed by atoms with Crippen LogP contribution in [0.1, 0.15) is 58.8 Å². The van der Waals surface area contributed by atoms with Crippen molar-refractivity contribution in [1.29, 1.82) is 0 Å². The van der Waals surface area contributed by atoms with Crippen molar-refractivity contribution in [3.8, 4) is 0 Å². The lowest BCUT2D eigenvalue weighted by Gasteiger charge is -2.37. The van der Waals surface area contributed by atoms with E-state index in [1.165, 1.54) is 50.5 Å². The van der Waals surface area contributed by atoms with Crippen molar-refractivity contribution in [2.45, 2.75) is 64.8 Å². The largest absolute Gasteiger partial charge is 0.501 e. The molecular formula is C15H27NO. The van der Waals surface area contributed by atoms with Gasteiger partial charge in [0.25, 0.3) is 0 Å². The smallest absolute Gasteiger partial charge is 0.0876 e. The van der Waals surface area contributed by atoms with Crippen LogP contribution in [-0.4, -0.2) is 19.2 Å². The highest BCUT2D eigenvalue weighted by atomic mass is 16.5. The summed E-state index contributed by atoms with van der Waals surface area (Å²) in [6, 6.07) is 0.547. The van der Waals surface area contributed by atoms with E-state index in [0.29, 0.717) is 11.5 Å². The topological polar surface area (TPSA) is 21.3 Å². The average Bonchev–Trinajstić information content (AvgIpc) is 2.79. The fraction of sp³-hybridized carbons (Fsp3) is 0.867. The Labute approximate surface area is 106 Å². The minimum absolute atomic E-state index is 0.460. The van der Waals surface area contributed by atoms with Gasteiger partial charge in [0.05, 0.1) is 12.9 Å². The average molecular weight is 237 g/mol. The van der Waals surface area contributed by atoms with Crippen molar-refractivity contribution in [3.05, 3.63) is 11.8 Å². The van der Waals surface area contributed by atoms with Gasteiger partial charge >= 0.3 is 0 Å². The zero-order valence-electron chi connectivity index (χ0n) is 11.4. The van der Waals surface area contributed by atoms with Crippen molar-refractivity contribution < 1.29 is 4.74 Å². The molecule has 0 radical (unpaired) electrons. The molecule has 2 heteroatoms. The van der Waals surface area contributed by atoms with Gasteiger partial charge in [0, 0.05) is 6.04 Å². The van der Waals surface area contributed by atoms with Gasteiger partial charge in [-0.05, 0) is 49.6 Å². The first-order valence-electron chi connectivity index (χ1n) is 7.30. The molecule has 1 unspecified atom stereocenters. The Morgan fingerprint density at radius 2 is 2.12 bits per heavy atom. The molecule has 1 aliphatic carbocycles. The summed E-state index contributed by atoms with van der Waals surface area (Å²) in [4.78, 5) is 0. The summed E-state index contributed by atoms with van der Waals surface area (Å²) < 4.78 is 5.55. The first kappa shape index (κ1) is 12.9. The molecule has 0 amide bonds. The van der Waals surface area contributed by atoms with Crippen molar-refractivity contribution in [2.24, 2.45) is 5.41 Å². The molecule has 1 fully saturated rings. The van der Waals surface area contributed by atoms with Crippen LogP contribution in [0.5, 0.6) is 0 Å². The highest BCUT2D eigenvalue weighted by Crippen LogP contribution is 2.43. The Balaban J connectivity index is 2.08. The van der Waals surface area contributed by atoms with E-state index in [9.17, 15) is 0 Å². The van der Waals surface area contributed by atoms with Crippen molar-refractivity contribution in [2.75, 3.05) is 13.2 Å². The summed E-state index contributed by atoms with van der Waals surface area (Å²) in [6.45, 7) is 6.73. The Morgan fingerprint density at radius 1 is 1.35 bits per heavy atom. The van der Waals surface area contributed by atoms with Gasteiger partial charge in [-0.15, -0.1) is 0 Å². The Kier molecular flexibility index (Phi) is 4.49. The minimum Gasteiger partial charge on any atom is -0.501 e. The summed E-state index contributed by atoms with van der Waals surface area (Å²) >= 11 is 0. The number of nitrogens with one attached hydrogen (secondary N) is 1. The fourth-order valence-corrected chi connectivity index (χ4v) is 3.38. The number of hydrogen-bond donors (Lipinski definition) is 1. The first-order chi connectivity index (χ1) is 8.26. The lowest BCUT2D eigenvalue weighted by molar-refractivity contribution is 0.192. The summed E-state index contributed by atoms with van der Waals surface area (Å²) in [5, 5.41) is 3.77. The molecule has 0 saturated heterocycles. The van der Waals surface area contributed by atoms with E-state index in [4.69, 9.17) is 4.74 Å². The normalized spacial score (nSPS) is 25.2. The number of rotatable bonds is 5. The van der Waals surface area contributed by atoms with Crippen LogP contribution in [0.15, 0.2) is 11.8 Å². The Hall–Kier alpha value is -0.500. The molecule has 1 aliphatic heterocycles. The van der Waals surface area contributed by atoms with E-state index < -0.39 is 0 Å². The standard InChI is InChI=1S/C15H27NO/c1-3-10-16-14(13-7-6-11-17-12-13)15(2)8-4-5-9-15/h12,14,16H,3-11H2,1-2H3. The maximum atomic E-state index is 5.55. The fourth-order valence-electron chi connectivity index (χ4n) is 3.38. The zero-order valence-corrected chi connectivity index (χ0v) is 11.4. The van der Waals surface area contributed by atoms with Crippen LogP contribution in [0.25, 0.3) is 0 Å². The Bertz CT molecular complexity index is 266. The van der Waals surface area contributed by atoms with E-state index in [-0.39, 0.29) is 0 Å². The molecule has 1 N–H and O–H groups in total. The third-order valence-corrected chi connectivity index (χ3v) is 4.37. The highest BCUT2D eigenvalue weighted by molar-refractivity contribution is 5.16. The second kappa shape index (κ2) is 5.90. The SMILES string of the molecule is CCCNC(C1=COCCC1)C1(C)CCCC1. The van der Waals surface area contributed by atoms with E-state index >= 15 is 0 Å². The third kappa shape index (κ3) is 3.04. The molecule has 1 atom stereocenters. The lowest BCUT2D eigenvalue weighted by Crippen LogP contribution is -2.44. The van der Waals surface area contributed by atoms with Crippen molar-refractivity contribution in [1.82, 2.24) is 5.32 Å². The van der Waals surface area contributed by atoms with Crippen LogP contribution < -0.4 is 5.32 Å². The van der Waals surface area contributed by atoms with Gasteiger partial charge in [0.1, 0.15) is 0 Å². The number of hydrogen-bond acceptors (Lipinski definition) is 2. The molecule has 0 bridgehead atoms. The summed E-state index contributed by atoms with van der Waals surface area (Å²) in [7, 11) is 0. The first-order valence-corrected chi connectivity index (χ1v) is 7.30. The van der Waals surface area contributed by atoms with Crippen LogP contribution >= 0.6 is 0 Å². The van der Waals surface area contributed by atoms with E-state index in [1.54, 1.807) is 0 Å². The van der Waals surface area contributed by atoms with Crippen LogP contribution in [-0.2, 0) is 4.74 Å². The molecule has 1 saturated carbocycles. The van der Waals surface area contributed by atoms with Crippen molar-refractivity contribution >= 4 is 0 Å². The molecule has 2 rings (SSSR count). The molecule has 98 valence electrons. The molecule has 0 aromatic rings. The summed E-state index contributed by atoms with van der Waals surface area (Å²) in [5.74, 6) is 0. The van der Waals surface area contributed by atoms with Gasteiger partial charge in [-0.3, -0.25) is 0 Å². The quantitative estimate of drug-likeness (QED) is 0.788. The molecule has 1 heterocycles. The van der Waals surface area contributed by atoms with Gasteiger partial charge in [0.15, 0.2) is 0 Å². The van der Waals surface area contributed by atoms with E-state index in [2.05, 4.69) is 19.2 Å². The minimum atomic E-state index is 0.460. The maximum absolute atomic E-state index is 5.55. The lowest BCUT2D eigenvalue weighted by atomic mass is 9.76. The molecule has 2 nitrogen and oxygen atoms in total. The second-order valence-corrected chi connectivity index (χ2v) is 5.92. The summed E-state index contributed by atoms with van der Waals surface area (Å²) in [6.07, 6.45) is 11.2. The van der Waals surface area contributed by atoms with Crippen LogP contribution in [0.3, 0.4) is 0 Å². The molecule has 0 aromatic carbocycles. The predicted octanol–water partition coefficient (Wildman–Crippen LogP) is 3.63. The van der Waals surface area contributed by atoms with Crippen molar-refractivity contribution in [3.63, 3.8) is 0 Å². The van der Waals surface area contributed by atoms with Crippen LogP contribution in [0.4, 0.5) is 0 Å². The molecule has 0 spiro atoms. The maximum Gasteiger partial charge on any atom is 0.0876 e.